The van der Waals surface area contributed by atoms with Crippen molar-refractivity contribution in [2.45, 2.75) is 32.6 Å². The predicted octanol–water partition coefficient (Wildman–Crippen LogP) is 8.33. The Hall–Kier alpha value is 0.243. The first-order valence-electron chi connectivity index (χ1n) is 9.67. The Morgan fingerprint density at radius 1 is 0.821 bits per heavy atom. The van der Waals surface area contributed by atoms with E-state index in [0.717, 1.165) is 29.0 Å². The fraction of sp³-hybridized carbons (Fsp3) is 0.391. The van der Waals surface area contributed by atoms with Gasteiger partial charge in [0.05, 0.1) is 0 Å². The first-order valence-corrected chi connectivity index (χ1v) is 16.6. The molecule has 0 aromatic heterocycles. The normalized spacial score (nSPS) is 18.9. The van der Waals surface area contributed by atoms with Crippen LogP contribution in [-0.4, -0.2) is 12.3 Å². The first kappa shape index (κ1) is 24.5. The molecule has 0 fully saturated rings. The molecule has 0 aliphatic heterocycles. The molecule has 28 heavy (non-hydrogen) atoms. The molecule has 0 amide bonds. The summed E-state index contributed by atoms with van der Waals surface area (Å²) in [6.07, 6.45) is 5.27. The average molecular weight is 540 g/mol. The Morgan fingerprint density at radius 2 is 1.32 bits per heavy atom. The summed E-state index contributed by atoms with van der Waals surface area (Å²) in [6.45, 7) is 9.42. The number of rotatable bonds is 7. The van der Waals surface area contributed by atoms with Crippen LogP contribution in [0.2, 0.25) is 0 Å². The summed E-state index contributed by atoms with van der Waals surface area (Å²) in [5, 5.41) is 0. The van der Waals surface area contributed by atoms with Crippen molar-refractivity contribution >= 4 is 42.1 Å². The first-order chi connectivity index (χ1) is 13.4. The summed E-state index contributed by atoms with van der Waals surface area (Å²) in [7, 11) is 11.6. The summed E-state index contributed by atoms with van der Waals surface area (Å²) in [5.74, 6) is 1.53. The molecular formula is C23H30Cl2P2Ru. The predicted molar refractivity (Wildman–Crippen MR) is 129 cm³/mol. The summed E-state index contributed by atoms with van der Waals surface area (Å²) in [4.78, 5) is 0.260. The van der Waals surface area contributed by atoms with Gasteiger partial charge in [0.2, 0.25) is 0 Å². The second-order valence-electron chi connectivity index (χ2n) is 7.88. The fourth-order valence-corrected chi connectivity index (χ4v) is 7.26. The van der Waals surface area contributed by atoms with Gasteiger partial charge in [0, 0.05) is 4.90 Å². The van der Waals surface area contributed by atoms with E-state index in [0.29, 0.717) is 0 Å². The van der Waals surface area contributed by atoms with Crippen LogP contribution in [-0.2, 0) is 20.0 Å². The quantitative estimate of drug-likeness (QED) is 0.245. The summed E-state index contributed by atoms with van der Waals surface area (Å²) in [6, 6.07) is 20.1. The fourth-order valence-electron chi connectivity index (χ4n) is 3.38. The average Bonchev–Trinajstić information content (AvgIpc) is 3.01. The van der Waals surface area contributed by atoms with Gasteiger partial charge in [-0.25, -0.2) is 0 Å². The van der Waals surface area contributed by atoms with E-state index in [2.05, 4.69) is 88.4 Å². The maximum atomic E-state index is 4.85. The minimum absolute atomic E-state index is 0.260. The molecule has 0 saturated heterocycles. The molecule has 0 nitrogen and oxygen atoms in total. The van der Waals surface area contributed by atoms with Crippen molar-refractivity contribution in [1.29, 1.82) is 0 Å². The van der Waals surface area contributed by atoms with Crippen LogP contribution in [0.4, 0.5) is 0 Å². The second kappa shape index (κ2) is 12.2. The van der Waals surface area contributed by atoms with Gasteiger partial charge in [0.1, 0.15) is 0 Å². The number of hydrogen-bond donors (Lipinski definition) is 0. The standard InChI is InChI=1S/C23H30P2.2ClH.Ru/c1-17(2)15-24-23(25-16-18(3)4)14-21(19-10-6-5-7-11-19)20-12-8-9-13-22(20)23;;;/h5-14,17-18,24-25H,15-16H2,1-4H3;2*1H;/q;;;+2/p-2. The number of hydrogen-bond acceptors (Lipinski definition) is 0. The molecule has 3 rings (SSSR count). The van der Waals surface area contributed by atoms with Crippen molar-refractivity contribution in [2.24, 2.45) is 11.8 Å². The van der Waals surface area contributed by atoms with Gasteiger partial charge >= 0.3 is 34.5 Å². The van der Waals surface area contributed by atoms with E-state index < -0.39 is 0 Å². The zero-order chi connectivity index (χ0) is 20.6. The van der Waals surface area contributed by atoms with Crippen LogP contribution in [0.15, 0.2) is 60.7 Å². The molecule has 0 spiro atoms. The van der Waals surface area contributed by atoms with Crippen molar-refractivity contribution in [3.63, 3.8) is 0 Å². The van der Waals surface area contributed by atoms with Crippen molar-refractivity contribution in [2.75, 3.05) is 12.3 Å². The summed E-state index contributed by atoms with van der Waals surface area (Å²) in [5.41, 5.74) is 5.84. The van der Waals surface area contributed by atoms with Crippen molar-refractivity contribution in [3.05, 3.63) is 77.4 Å². The number of fused-ring (bicyclic) bond motifs is 1. The molecule has 0 heterocycles. The van der Waals surface area contributed by atoms with Crippen molar-refractivity contribution < 1.29 is 15.1 Å². The number of allylic oxidation sites excluding steroid dienone is 1. The molecule has 2 unspecified atom stereocenters. The van der Waals surface area contributed by atoms with Gasteiger partial charge in [0.15, 0.2) is 0 Å². The van der Waals surface area contributed by atoms with Gasteiger partial charge in [-0.3, -0.25) is 0 Å². The number of halogens is 2. The Kier molecular flexibility index (Phi) is 10.7. The van der Waals surface area contributed by atoms with Crippen LogP contribution in [0.25, 0.3) is 5.57 Å². The van der Waals surface area contributed by atoms with Crippen LogP contribution >= 0.6 is 36.5 Å². The second-order valence-corrected chi connectivity index (χ2v) is 14.1. The van der Waals surface area contributed by atoms with Gasteiger partial charge in [-0.2, -0.15) is 0 Å². The van der Waals surface area contributed by atoms with E-state index in [4.69, 9.17) is 19.4 Å². The van der Waals surface area contributed by atoms with Crippen molar-refractivity contribution in [1.82, 2.24) is 0 Å². The minimum atomic E-state index is -0.346. The SMILES string of the molecule is CC(C)CPC1(PCC(C)C)C=C(c2ccccc2)c2ccccc21.[Cl][Ru][Cl]. The van der Waals surface area contributed by atoms with Crippen LogP contribution in [0.1, 0.15) is 44.4 Å². The summed E-state index contributed by atoms with van der Waals surface area (Å²) < 4.78 is 0. The van der Waals surface area contributed by atoms with E-state index in [-0.39, 0.29) is 20.0 Å². The molecule has 154 valence electrons. The molecule has 1 aliphatic rings. The molecule has 0 radical (unpaired) electrons. The zero-order valence-electron chi connectivity index (χ0n) is 17.0. The van der Waals surface area contributed by atoms with Crippen molar-refractivity contribution in [3.8, 4) is 0 Å². The van der Waals surface area contributed by atoms with Crippen LogP contribution in [0.3, 0.4) is 0 Å². The Labute approximate surface area is 190 Å². The third-order valence-electron chi connectivity index (χ3n) is 4.67. The summed E-state index contributed by atoms with van der Waals surface area (Å²) >= 11 is -0.346. The van der Waals surface area contributed by atoms with Crippen LogP contribution in [0, 0.1) is 11.8 Å². The van der Waals surface area contributed by atoms with Gasteiger partial charge in [-0.1, -0.05) is 88.4 Å². The zero-order valence-corrected chi connectivity index (χ0v) is 22.2. The molecule has 5 heteroatoms. The molecule has 0 bridgehead atoms. The van der Waals surface area contributed by atoms with Crippen LogP contribution in [0.5, 0.6) is 0 Å². The molecule has 0 N–H and O–H groups in total. The number of benzene rings is 2. The molecule has 2 aromatic carbocycles. The monoisotopic (exact) mass is 540 g/mol. The molecular weight excluding hydrogens is 510 g/mol. The topological polar surface area (TPSA) is 0 Å². The van der Waals surface area contributed by atoms with E-state index in [1.807, 2.05) is 0 Å². The maximum absolute atomic E-state index is 4.85. The van der Waals surface area contributed by atoms with E-state index >= 15 is 0 Å². The molecule has 0 saturated carbocycles. The third kappa shape index (κ3) is 6.62. The Morgan fingerprint density at radius 3 is 1.86 bits per heavy atom. The van der Waals surface area contributed by atoms with Gasteiger partial charge in [-0.15, -0.1) is 17.2 Å². The van der Waals surface area contributed by atoms with E-state index in [9.17, 15) is 0 Å². The van der Waals surface area contributed by atoms with E-state index in [1.165, 1.54) is 29.0 Å². The molecule has 2 aromatic rings. The van der Waals surface area contributed by atoms with Crippen LogP contribution < -0.4 is 0 Å². The van der Waals surface area contributed by atoms with Gasteiger partial charge in [-0.05, 0) is 46.4 Å². The molecule has 2 atom stereocenters. The van der Waals surface area contributed by atoms with Gasteiger partial charge in [0.25, 0.3) is 0 Å². The van der Waals surface area contributed by atoms with Gasteiger partial charge < -0.3 is 0 Å². The molecule has 1 aliphatic carbocycles. The Balaban J connectivity index is 0.000000878. The van der Waals surface area contributed by atoms with E-state index in [1.54, 1.807) is 5.56 Å². The third-order valence-corrected chi connectivity index (χ3v) is 9.71. The Bertz CT molecular complexity index is 748.